The van der Waals surface area contributed by atoms with E-state index in [1.165, 1.54) is 38.5 Å². The van der Waals surface area contributed by atoms with Crippen molar-refractivity contribution in [1.82, 2.24) is 0 Å². The molecule has 0 aliphatic heterocycles. The van der Waals surface area contributed by atoms with E-state index in [1.54, 1.807) is 12.4 Å². The van der Waals surface area contributed by atoms with Gasteiger partial charge in [-0.15, -0.1) is 0 Å². The number of ether oxygens (including phenoxy) is 2. The van der Waals surface area contributed by atoms with Gasteiger partial charge < -0.3 is 9.47 Å². The SMILES string of the molecule is CC1CCC2C(C)(C)C2(OCN=CC=NCOC23CC(C)CCC2C3(C)C)C1. The monoisotopic (exact) mass is 388 g/mol. The largest absolute Gasteiger partial charge is 0.352 e. The first-order valence-corrected chi connectivity index (χ1v) is 11.4. The van der Waals surface area contributed by atoms with Crippen LogP contribution in [0.3, 0.4) is 0 Å². The average Bonchev–Trinajstić information content (AvgIpc) is 3.31. The van der Waals surface area contributed by atoms with Crippen molar-refractivity contribution in [1.29, 1.82) is 0 Å². The lowest BCUT2D eigenvalue weighted by Gasteiger charge is -2.27. The van der Waals surface area contributed by atoms with E-state index in [1.807, 2.05) is 0 Å². The molecule has 0 aromatic rings. The zero-order valence-electron chi connectivity index (χ0n) is 18.8. The molecule has 4 rings (SSSR count). The van der Waals surface area contributed by atoms with E-state index >= 15 is 0 Å². The van der Waals surface area contributed by atoms with E-state index in [2.05, 4.69) is 51.5 Å². The molecule has 0 amide bonds. The van der Waals surface area contributed by atoms with Gasteiger partial charge in [0.05, 0.1) is 11.2 Å². The third-order valence-corrected chi connectivity index (χ3v) is 9.15. The van der Waals surface area contributed by atoms with Crippen molar-refractivity contribution in [3.63, 3.8) is 0 Å². The van der Waals surface area contributed by atoms with Gasteiger partial charge in [0.25, 0.3) is 0 Å². The lowest BCUT2D eigenvalue weighted by atomic mass is 9.88. The molecule has 0 heterocycles. The minimum absolute atomic E-state index is 0.0612. The summed E-state index contributed by atoms with van der Waals surface area (Å²) >= 11 is 0. The highest BCUT2D eigenvalue weighted by Crippen LogP contribution is 2.71. The van der Waals surface area contributed by atoms with Crippen LogP contribution in [0.5, 0.6) is 0 Å². The third kappa shape index (κ3) is 3.01. The van der Waals surface area contributed by atoms with Gasteiger partial charge >= 0.3 is 0 Å². The van der Waals surface area contributed by atoms with Crippen molar-refractivity contribution in [3.8, 4) is 0 Å². The minimum atomic E-state index is 0.0612. The van der Waals surface area contributed by atoms with Crippen molar-refractivity contribution in [2.75, 3.05) is 13.5 Å². The van der Waals surface area contributed by atoms with Crippen LogP contribution in [0.4, 0.5) is 0 Å². The van der Waals surface area contributed by atoms with Crippen LogP contribution in [0.25, 0.3) is 0 Å². The first-order valence-electron chi connectivity index (χ1n) is 11.4. The summed E-state index contributed by atoms with van der Waals surface area (Å²) in [6, 6.07) is 0. The van der Waals surface area contributed by atoms with Gasteiger partial charge in [0, 0.05) is 12.4 Å². The topological polar surface area (TPSA) is 43.2 Å². The molecule has 158 valence electrons. The van der Waals surface area contributed by atoms with Crippen LogP contribution < -0.4 is 0 Å². The predicted molar refractivity (Wildman–Crippen MR) is 115 cm³/mol. The Kier molecular flexibility index (Phi) is 5.06. The van der Waals surface area contributed by atoms with E-state index < -0.39 is 0 Å². The number of nitrogens with zero attached hydrogens (tertiary/aromatic N) is 2. The second-order valence-electron chi connectivity index (χ2n) is 11.3. The van der Waals surface area contributed by atoms with Crippen LogP contribution in [0, 0.1) is 34.5 Å². The second-order valence-corrected chi connectivity index (χ2v) is 11.3. The summed E-state index contributed by atoms with van der Waals surface area (Å²) in [7, 11) is 0. The average molecular weight is 389 g/mol. The highest BCUT2D eigenvalue weighted by atomic mass is 16.5. The van der Waals surface area contributed by atoms with E-state index in [-0.39, 0.29) is 11.2 Å². The van der Waals surface area contributed by atoms with E-state index in [0.717, 1.165) is 11.8 Å². The number of hydrogen-bond acceptors (Lipinski definition) is 4. The molecule has 4 aliphatic rings. The Morgan fingerprint density at radius 2 is 1.11 bits per heavy atom. The molecule has 4 heteroatoms. The van der Waals surface area contributed by atoms with E-state index in [0.29, 0.717) is 36.1 Å². The van der Waals surface area contributed by atoms with Crippen molar-refractivity contribution in [3.05, 3.63) is 0 Å². The molecule has 0 saturated heterocycles. The quantitative estimate of drug-likeness (QED) is 0.540. The summed E-state index contributed by atoms with van der Waals surface area (Å²) in [5.41, 5.74) is 0.732. The first kappa shape index (κ1) is 20.5. The molecule has 0 radical (unpaired) electrons. The van der Waals surface area contributed by atoms with Crippen LogP contribution in [0.2, 0.25) is 0 Å². The van der Waals surface area contributed by atoms with Crippen LogP contribution in [-0.2, 0) is 9.47 Å². The molecule has 4 nitrogen and oxygen atoms in total. The standard InChI is InChI=1S/C24H40N2O2/c1-17-7-9-19-21(3,4)23(19,13-17)27-15-25-11-12-26-16-28-24-14-18(2)8-10-20(24)22(24,5)6/h11-12,17-20H,7-10,13-16H2,1-6H3. The molecule has 0 N–H and O–H groups in total. The smallest absolute Gasteiger partial charge is 0.138 e. The summed E-state index contributed by atoms with van der Waals surface area (Å²) in [5, 5.41) is 0. The molecule has 28 heavy (non-hydrogen) atoms. The number of rotatable bonds is 7. The number of fused-ring (bicyclic) bond motifs is 2. The van der Waals surface area contributed by atoms with E-state index in [9.17, 15) is 0 Å². The fourth-order valence-electron chi connectivity index (χ4n) is 7.16. The third-order valence-electron chi connectivity index (χ3n) is 9.15. The molecule has 0 spiro atoms. The van der Waals surface area contributed by atoms with Gasteiger partial charge in [-0.3, -0.25) is 9.98 Å². The van der Waals surface area contributed by atoms with Crippen molar-refractivity contribution in [2.45, 2.75) is 91.3 Å². The van der Waals surface area contributed by atoms with Gasteiger partial charge in [0.1, 0.15) is 13.5 Å². The normalized spacial score (nSPS) is 45.8. The Morgan fingerprint density at radius 3 is 1.50 bits per heavy atom. The van der Waals surface area contributed by atoms with Gasteiger partial charge in [-0.25, -0.2) is 0 Å². The van der Waals surface area contributed by atoms with Gasteiger partial charge in [-0.2, -0.15) is 0 Å². The second kappa shape index (κ2) is 6.91. The summed E-state index contributed by atoms with van der Waals surface area (Å²) in [4.78, 5) is 8.86. The lowest BCUT2D eigenvalue weighted by molar-refractivity contribution is -0.0214. The summed E-state index contributed by atoms with van der Waals surface area (Å²) in [6.45, 7) is 15.0. The van der Waals surface area contributed by atoms with Crippen LogP contribution in [0.1, 0.15) is 80.1 Å². The Labute approximate surface area is 171 Å². The zero-order valence-corrected chi connectivity index (χ0v) is 18.8. The maximum Gasteiger partial charge on any atom is 0.138 e. The van der Waals surface area contributed by atoms with Gasteiger partial charge in [-0.1, -0.05) is 54.4 Å². The predicted octanol–water partition coefficient (Wildman–Crippen LogP) is 5.51. The highest BCUT2D eigenvalue weighted by Gasteiger charge is 2.73. The number of aliphatic imine (C=N–C) groups is 2. The molecule has 6 atom stereocenters. The maximum atomic E-state index is 6.30. The van der Waals surface area contributed by atoms with E-state index in [4.69, 9.17) is 9.47 Å². The molecule has 0 aromatic carbocycles. The molecule has 4 aliphatic carbocycles. The van der Waals surface area contributed by atoms with Crippen LogP contribution >= 0.6 is 0 Å². The Morgan fingerprint density at radius 1 is 0.714 bits per heavy atom. The number of hydrogen-bond donors (Lipinski definition) is 0. The zero-order chi connectivity index (χ0) is 20.2. The summed E-state index contributed by atoms with van der Waals surface area (Å²) in [5.74, 6) is 2.94. The molecule has 0 aromatic heterocycles. The summed E-state index contributed by atoms with van der Waals surface area (Å²) < 4.78 is 12.6. The fraction of sp³-hybridized carbons (Fsp3) is 0.917. The van der Waals surface area contributed by atoms with Crippen molar-refractivity contribution in [2.24, 2.45) is 44.5 Å². The fourth-order valence-corrected chi connectivity index (χ4v) is 7.16. The van der Waals surface area contributed by atoms with Gasteiger partial charge in [-0.05, 0) is 60.2 Å². The molecular formula is C24H40N2O2. The van der Waals surface area contributed by atoms with Gasteiger partial charge in [0.15, 0.2) is 0 Å². The summed E-state index contributed by atoms with van der Waals surface area (Å²) in [6.07, 6.45) is 11.2. The van der Waals surface area contributed by atoms with Crippen molar-refractivity contribution < 1.29 is 9.47 Å². The highest BCUT2D eigenvalue weighted by molar-refractivity contribution is 6.15. The molecule has 0 bridgehead atoms. The Bertz CT molecular complexity index is 599. The minimum Gasteiger partial charge on any atom is -0.352 e. The van der Waals surface area contributed by atoms with Crippen LogP contribution in [0.15, 0.2) is 9.98 Å². The molecule has 6 unspecified atom stereocenters. The lowest BCUT2D eigenvalue weighted by Crippen LogP contribution is -2.28. The van der Waals surface area contributed by atoms with Crippen molar-refractivity contribution >= 4 is 12.4 Å². The van der Waals surface area contributed by atoms with Gasteiger partial charge in [0.2, 0.25) is 0 Å². The molecular weight excluding hydrogens is 348 g/mol. The molecule has 4 fully saturated rings. The Hall–Kier alpha value is -0.740. The Balaban J connectivity index is 1.21. The molecule has 4 saturated carbocycles. The van der Waals surface area contributed by atoms with Crippen LogP contribution in [-0.4, -0.2) is 37.1 Å². The maximum absolute atomic E-state index is 6.30. The first-order chi connectivity index (χ1) is 13.2.